The fourth-order valence-electron chi connectivity index (χ4n) is 1.79. The summed E-state index contributed by atoms with van der Waals surface area (Å²) in [5.41, 5.74) is 2.19. The molecule has 3 heterocycles. The number of H-pyrrole nitrogens is 1. The van der Waals surface area contributed by atoms with E-state index in [1.165, 1.54) is 16.3 Å². The van der Waals surface area contributed by atoms with Gasteiger partial charge in [-0.25, -0.2) is 4.98 Å². The van der Waals surface area contributed by atoms with Crippen LogP contribution in [-0.4, -0.2) is 14.5 Å². The minimum absolute atomic E-state index is 0.953. The van der Waals surface area contributed by atoms with Crippen molar-refractivity contribution in [2.75, 3.05) is 0 Å². The summed E-state index contributed by atoms with van der Waals surface area (Å²) < 4.78 is 2.12. The van der Waals surface area contributed by atoms with E-state index in [9.17, 15) is 0 Å². The van der Waals surface area contributed by atoms with Crippen LogP contribution in [0.2, 0.25) is 0 Å². The summed E-state index contributed by atoms with van der Waals surface area (Å²) in [5.74, 6) is 0. The molecule has 13 heavy (non-hydrogen) atoms. The lowest BCUT2D eigenvalue weighted by atomic mass is 10.2. The summed E-state index contributed by atoms with van der Waals surface area (Å²) in [4.78, 5) is 7.42. The van der Waals surface area contributed by atoms with E-state index in [1.54, 1.807) is 0 Å². The van der Waals surface area contributed by atoms with Crippen molar-refractivity contribution in [3.8, 4) is 0 Å². The molecule has 0 atom stereocenters. The van der Waals surface area contributed by atoms with Crippen LogP contribution in [0.4, 0.5) is 0 Å². The molecule has 0 aromatic carbocycles. The summed E-state index contributed by atoms with van der Waals surface area (Å²) in [7, 11) is 2.05. The number of aromatic nitrogens is 3. The molecule has 0 spiro atoms. The van der Waals surface area contributed by atoms with E-state index in [-0.39, 0.29) is 0 Å². The molecule has 0 bridgehead atoms. The first-order valence-corrected chi connectivity index (χ1v) is 4.23. The van der Waals surface area contributed by atoms with Crippen molar-refractivity contribution >= 4 is 21.9 Å². The number of pyridine rings is 1. The van der Waals surface area contributed by atoms with Gasteiger partial charge in [0.15, 0.2) is 0 Å². The van der Waals surface area contributed by atoms with Gasteiger partial charge in [0, 0.05) is 36.4 Å². The number of nitrogens with one attached hydrogen (secondary N) is 1. The first kappa shape index (κ1) is 6.71. The molecule has 1 N–H and O–H groups in total. The molecule has 0 fully saturated rings. The third-order valence-corrected chi connectivity index (χ3v) is 2.42. The second-order valence-corrected chi connectivity index (χ2v) is 3.23. The zero-order chi connectivity index (χ0) is 8.84. The van der Waals surface area contributed by atoms with Gasteiger partial charge in [0.1, 0.15) is 5.65 Å². The van der Waals surface area contributed by atoms with E-state index in [0.29, 0.717) is 0 Å². The molecule has 0 saturated heterocycles. The van der Waals surface area contributed by atoms with Gasteiger partial charge in [-0.05, 0) is 12.1 Å². The Labute approximate surface area is 75.0 Å². The average molecular weight is 171 g/mol. The maximum Gasteiger partial charge on any atom is 0.139 e. The maximum atomic E-state index is 4.31. The fourth-order valence-corrected chi connectivity index (χ4v) is 1.79. The summed E-state index contributed by atoms with van der Waals surface area (Å²) in [5, 5.41) is 2.37. The van der Waals surface area contributed by atoms with Gasteiger partial charge in [-0.15, -0.1) is 0 Å². The van der Waals surface area contributed by atoms with Crippen LogP contribution < -0.4 is 0 Å². The molecule has 0 aliphatic heterocycles. The number of aromatic amines is 1. The Morgan fingerprint density at radius 3 is 3.23 bits per heavy atom. The molecule has 3 heteroatoms. The Balaban J connectivity index is 2.70. The van der Waals surface area contributed by atoms with Crippen molar-refractivity contribution < 1.29 is 0 Å². The van der Waals surface area contributed by atoms with Crippen molar-refractivity contribution in [1.82, 2.24) is 14.5 Å². The van der Waals surface area contributed by atoms with E-state index in [4.69, 9.17) is 0 Å². The first-order valence-electron chi connectivity index (χ1n) is 4.23. The smallest absolute Gasteiger partial charge is 0.139 e. The van der Waals surface area contributed by atoms with Crippen LogP contribution in [0.3, 0.4) is 0 Å². The highest BCUT2D eigenvalue weighted by Crippen LogP contribution is 2.22. The predicted molar refractivity (Wildman–Crippen MR) is 52.6 cm³/mol. The van der Waals surface area contributed by atoms with Crippen LogP contribution in [0.5, 0.6) is 0 Å². The van der Waals surface area contributed by atoms with Crippen LogP contribution >= 0.6 is 0 Å². The van der Waals surface area contributed by atoms with Crippen LogP contribution in [0.25, 0.3) is 21.9 Å². The van der Waals surface area contributed by atoms with Crippen LogP contribution in [-0.2, 0) is 7.05 Å². The van der Waals surface area contributed by atoms with Crippen molar-refractivity contribution in [3.63, 3.8) is 0 Å². The van der Waals surface area contributed by atoms with E-state index in [0.717, 1.165) is 5.65 Å². The lowest BCUT2D eigenvalue weighted by Gasteiger charge is -1.96. The Hall–Kier alpha value is -1.77. The van der Waals surface area contributed by atoms with E-state index >= 15 is 0 Å². The molecule has 3 nitrogen and oxygen atoms in total. The average Bonchev–Trinajstić information content (AvgIpc) is 2.70. The first-order chi connectivity index (χ1) is 6.36. The Kier molecular flexibility index (Phi) is 1.10. The van der Waals surface area contributed by atoms with E-state index < -0.39 is 0 Å². The molecule has 0 unspecified atom stereocenters. The van der Waals surface area contributed by atoms with Gasteiger partial charge in [-0.1, -0.05) is 0 Å². The summed E-state index contributed by atoms with van der Waals surface area (Å²) >= 11 is 0. The summed E-state index contributed by atoms with van der Waals surface area (Å²) in [6.07, 6.45) is 5.87. The molecule has 0 aliphatic rings. The van der Waals surface area contributed by atoms with Gasteiger partial charge in [0.05, 0.1) is 5.52 Å². The summed E-state index contributed by atoms with van der Waals surface area (Å²) in [6, 6.07) is 4.14. The number of nitrogens with zero attached hydrogens (tertiary/aromatic N) is 2. The maximum absolute atomic E-state index is 4.31. The number of rotatable bonds is 0. The van der Waals surface area contributed by atoms with Crippen molar-refractivity contribution in [1.29, 1.82) is 0 Å². The van der Waals surface area contributed by atoms with Crippen LogP contribution in [0, 0.1) is 0 Å². The largest absolute Gasteiger partial charge is 0.350 e. The Bertz CT molecular complexity index is 574. The summed E-state index contributed by atoms with van der Waals surface area (Å²) in [6.45, 7) is 0. The van der Waals surface area contributed by atoms with E-state index in [1.807, 2.05) is 12.4 Å². The SMILES string of the molecule is Cn1ccc2cnc3[nH]ccc3c21. The monoisotopic (exact) mass is 171 g/mol. The normalized spacial score (nSPS) is 11.5. The quantitative estimate of drug-likeness (QED) is 0.551. The highest BCUT2D eigenvalue weighted by molar-refractivity contribution is 6.02. The number of aryl methyl sites for hydroxylation is 1. The molecular formula is C10H9N3. The van der Waals surface area contributed by atoms with E-state index in [2.05, 4.69) is 39.9 Å². The topological polar surface area (TPSA) is 33.6 Å². The van der Waals surface area contributed by atoms with Gasteiger partial charge < -0.3 is 9.55 Å². The molecular weight excluding hydrogens is 162 g/mol. The van der Waals surface area contributed by atoms with Gasteiger partial charge in [0.2, 0.25) is 0 Å². The molecule has 0 saturated carbocycles. The minimum Gasteiger partial charge on any atom is -0.350 e. The van der Waals surface area contributed by atoms with Crippen molar-refractivity contribution in [2.24, 2.45) is 7.05 Å². The molecule has 0 aliphatic carbocycles. The second-order valence-electron chi connectivity index (χ2n) is 3.23. The fraction of sp³-hybridized carbons (Fsp3) is 0.100. The number of hydrogen-bond donors (Lipinski definition) is 1. The predicted octanol–water partition coefficient (Wildman–Crippen LogP) is 2.05. The van der Waals surface area contributed by atoms with Gasteiger partial charge in [0.25, 0.3) is 0 Å². The van der Waals surface area contributed by atoms with Gasteiger partial charge in [-0.3, -0.25) is 0 Å². The van der Waals surface area contributed by atoms with Crippen molar-refractivity contribution in [3.05, 3.63) is 30.7 Å². The third kappa shape index (κ3) is 0.758. The minimum atomic E-state index is 0.953. The molecule has 3 aromatic heterocycles. The molecule has 3 rings (SSSR count). The van der Waals surface area contributed by atoms with Crippen molar-refractivity contribution in [2.45, 2.75) is 0 Å². The number of fused-ring (bicyclic) bond motifs is 3. The highest BCUT2D eigenvalue weighted by atomic mass is 14.9. The van der Waals surface area contributed by atoms with Gasteiger partial charge in [-0.2, -0.15) is 0 Å². The standard InChI is InChI=1S/C10H9N3/c1-13-5-3-7-6-12-10-8(9(7)13)2-4-11-10/h2-6H,1H3,(H,11,12). The highest BCUT2D eigenvalue weighted by Gasteiger charge is 2.04. The molecule has 64 valence electrons. The Morgan fingerprint density at radius 2 is 2.31 bits per heavy atom. The molecule has 3 aromatic rings. The molecule has 0 amide bonds. The second kappa shape index (κ2) is 2.13. The van der Waals surface area contributed by atoms with Gasteiger partial charge >= 0.3 is 0 Å². The van der Waals surface area contributed by atoms with Crippen LogP contribution in [0.1, 0.15) is 0 Å². The third-order valence-electron chi connectivity index (χ3n) is 2.42. The zero-order valence-corrected chi connectivity index (χ0v) is 7.28. The van der Waals surface area contributed by atoms with Crippen LogP contribution in [0.15, 0.2) is 30.7 Å². The lowest BCUT2D eigenvalue weighted by Crippen LogP contribution is -1.85. The number of hydrogen-bond acceptors (Lipinski definition) is 1. The Morgan fingerprint density at radius 1 is 1.38 bits per heavy atom. The zero-order valence-electron chi connectivity index (χ0n) is 7.28. The molecule has 0 radical (unpaired) electrons. The lowest BCUT2D eigenvalue weighted by molar-refractivity contribution is 0.973.